The minimum Gasteiger partial charge on any atom is -0.459 e. The fraction of sp³-hybridized carbons (Fsp3) is 0.500. The van der Waals surface area contributed by atoms with E-state index in [1.807, 2.05) is 45.0 Å². The Morgan fingerprint density at radius 2 is 1.80 bits per heavy atom. The summed E-state index contributed by atoms with van der Waals surface area (Å²) in [6, 6.07) is 7.74. The normalized spacial score (nSPS) is 25.1. The molecule has 20 heavy (non-hydrogen) atoms. The molecule has 2 rings (SSSR count). The first-order chi connectivity index (χ1) is 9.17. The molecule has 0 unspecified atom stereocenters. The minimum absolute atomic E-state index is 0.0667. The van der Waals surface area contributed by atoms with Gasteiger partial charge in [-0.05, 0) is 51.8 Å². The number of esters is 1. The number of ketones is 1. The average Bonchev–Trinajstić information content (AvgIpc) is 3.04. The second-order valence-electron chi connectivity index (χ2n) is 6.34. The van der Waals surface area contributed by atoms with Crippen molar-refractivity contribution in [3.05, 3.63) is 34.3 Å². The lowest BCUT2D eigenvalue weighted by molar-refractivity contribution is -0.164. The molecule has 2 atom stereocenters. The molecule has 1 aromatic rings. The second-order valence-corrected chi connectivity index (χ2v) is 7.25. The first-order valence-electron chi connectivity index (χ1n) is 6.67. The van der Waals surface area contributed by atoms with Gasteiger partial charge in [-0.2, -0.15) is 0 Å². The van der Waals surface area contributed by atoms with E-state index in [9.17, 15) is 9.59 Å². The number of carbonyl (C=O) groups is 2. The molecule has 1 aromatic carbocycles. The Bertz CT molecular complexity index is 542. The Balaban J connectivity index is 2.25. The van der Waals surface area contributed by atoms with Crippen molar-refractivity contribution in [1.82, 2.24) is 0 Å². The molecule has 108 valence electrons. The van der Waals surface area contributed by atoms with Crippen LogP contribution < -0.4 is 0 Å². The second kappa shape index (κ2) is 4.99. The van der Waals surface area contributed by atoms with Crippen molar-refractivity contribution in [2.75, 3.05) is 0 Å². The van der Waals surface area contributed by atoms with Crippen molar-refractivity contribution in [2.24, 2.45) is 5.41 Å². The maximum absolute atomic E-state index is 12.4. The SMILES string of the molecule is CC(=O)[C@@]1(C(=O)OC(C)(C)C)C[C@H]1c1ccc(Br)cc1. The third-order valence-corrected chi connectivity index (χ3v) is 4.15. The number of carbonyl (C=O) groups excluding carboxylic acids is 2. The Kier molecular flexibility index (Phi) is 3.80. The van der Waals surface area contributed by atoms with Gasteiger partial charge in [-0.15, -0.1) is 0 Å². The van der Waals surface area contributed by atoms with Crippen molar-refractivity contribution in [2.45, 2.75) is 45.6 Å². The third kappa shape index (κ3) is 2.80. The van der Waals surface area contributed by atoms with Gasteiger partial charge in [0.05, 0.1) is 0 Å². The molecular weight excluding hydrogens is 320 g/mol. The molecular formula is C16H19BrO3. The molecule has 1 aliphatic carbocycles. The van der Waals surface area contributed by atoms with Crippen molar-refractivity contribution < 1.29 is 14.3 Å². The topological polar surface area (TPSA) is 43.4 Å². The molecule has 4 heteroatoms. The standard InChI is InChI=1S/C16H19BrO3/c1-10(18)16(14(19)20-15(2,3)4)9-13(16)11-5-7-12(17)8-6-11/h5-8,13H,9H2,1-4H3/t13-,16-/m0/s1. The van der Waals surface area contributed by atoms with Gasteiger partial charge >= 0.3 is 5.97 Å². The lowest BCUT2D eigenvalue weighted by Crippen LogP contribution is -2.34. The predicted octanol–water partition coefficient (Wildman–Crippen LogP) is 3.85. The van der Waals surface area contributed by atoms with E-state index < -0.39 is 17.0 Å². The first-order valence-corrected chi connectivity index (χ1v) is 7.46. The summed E-state index contributed by atoms with van der Waals surface area (Å²) in [6.45, 7) is 6.92. The highest BCUT2D eigenvalue weighted by Crippen LogP contribution is 2.61. The molecule has 0 amide bonds. The van der Waals surface area contributed by atoms with E-state index in [0.29, 0.717) is 6.42 Å². The van der Waals surface area contributed by atoms with Crippen LogP contribution in [-0.4, -0.2) is 17.4 Å². The largest absolute Gasteiger partial charge is 0.459 e. The van der Waals surface area contributed by atoms with Crippen LogP contribution in [0.3, 0.4) is 0 Å². The van der Waals surface area contributed by atoms with E-state index in [1.54, 1.807) is 0 Å². The summed E-state index contributed by atoms with van der Waals surface area (Å²) in [7, 11) is 0. The van der Waals surface area contributed by atoms with Crippen LogP contribution in [0.15, 0.2) is 28.7 Å². The number of hydrogen-bond donors (Lipinski definition) is 0. The Hall–Kier alpha value is -1.16. The smallest absolute Gasteiger partial charge is 0.320 e. The van der Waals surface area contributed by atoms with Gasteiger partial charge in [0.1, 0.15) is 16.8 Å². The van der Waals surface area contributed by atoms with Gasteiger partial charge in [0, 0.05) is 10.4 Å². The fourth-order valence-corrected chi connectivity index (χ4v) is 2.75. The van der Waals surface area contributed by atoms with E-state index in [4.69, 9.17) is 4.74 Å². The van der Waals surface area contributed by atoms with E-state index in [-0.39, 0.29) is 11.7 Å². The van der Waals surface area contributed by atoms with Gasteiger partial charge in [-0.25, -0.2) is 0 Å². The van der Waals surface area contributed by atoms with E-state index >= 15 is 0 Å². The van der Waals surface area contributed by atoms with Crippen molar-refractivity contribution in [1.29, 1.82) is 0 Å². The molecule has 3 nitrogen and oxygen atoms in total. The van der Waals surface area contributed by atoms with Crippen LogP contribution in [0.1, 0.15) is 45.6 Å². The monoisotopic (exact) mass is 338 g/mol. The van der Waals surface area contributed by atoms with Gasteiger partial charge in [0.2, 0.25) is 0 Å². The maximum atomic E-state index is 12.4. The summed E-state index contributed by atoms with van der Waals surface area (Å²) < 4.78 is 6.41. The molecule has 0 spiro atoms. The highest BCUT2D eigenvalue weighted by atomic mass is 79.9. The van der Waals surface area contributed by atoms with E-state index in [0.717, 1.165) is 10.0 Å². The molecule has 0 N–H and O–H groups in total. The number of benzene rings is 1. The lowest BCUT2D eigenvalue weighted by atomic mass is 9.95. The number of halogens is 1. The fourth-order valence-electron chi connectivity index (χ4n) is 2.49. The van der Waals surface area contributed by atoms with Crippen LogP contribution in [0.25, 0.3) is 0 Å². The summed E-state index contributed by atoms with van der Waals surface area (Å²) in [4.78, 5) is 24.4. The van der Waals surface area contributed by atoms with Crippen molar-refractivity contribution in [3.8, 4) is 0 Å². The van der Waals surface area contributed by atoms with E-state index in [2.05, 4.69) is 15.9 Å². The molecule has 0 saturated heterocycles. The zero-order valence-electron chi connectivity index (χ0n) is 12.2. The van der Waals surface area contributed by atoms with Gasteiger partial charge in [-0.3, -0.25) is 9.59 Å². The first kappa shape index (κ1) is 15.2. The third-order valence-electron chi connectivity index (χ3n) is 3.62. The van der Waals surface area contributed by atoms with Crippen LogP contribution in [-0.2, 0) is 14.3 Å². The van der Waals surface area contributed by atoms with Gasteiger partial charge in [0.25, 0.3) is 0 Å². The minimum atomic E-state index is -0.985. The summed E-state index contributed by atoms with van der Waals surface area (Å²) in [5, 5.41) is 0. The molecule has 0 aliphatic heterocycles. The zero-order valence-corrected chi connectivity index (χ0v) is 13.8. The van der Waals surface area contributed by atoms with Crippen molar-refractivity contribution in [3.63, 3.8) is 0 Å². The highest BCUT2D eigenvalue weighted by Gasteiger charge is 2.65. The van der Waals surface area contributed by atoms with Crippen molar-refractivity contribution >= 4 is 27.7 Å². The van der Waals surface area contributed by atoms with Crippen LogP contribution in [0.5, 0.6) is 0 Å². The quantitative estimate of drug-likeness (QED) is 0.621. The molecule has 0 bridgehead atoms. The predicted molar refractivity (Wildman–Crippen MR) is 80.5 cm³/mol. The number of Topliss-reactive ketones (excluding diaryl/α,β-unsaturated/α-hetero) is 1. The maximum Gasteiger partial charge on any atom is 0.320 e. The summed E-state index contributed by atoms with van der Waals surface area (Å²) in [5.74, 6) is -0.576. The lowest BCUT2D eigenvalue weighted by Gasteiger charge is -2.23. The highest BCUT2D eigenvalue weighted by molar-refractivity contribution is 9.10. The average molecular weight is 339 g/mol. The Labute approximate surface area is 127 Å². The molecule has 1 saturated carbocycles. The van der Waals surface area contributed by atoms with Gasteiger partial charge in [-0.1, -0.05) is 28.1 Å². The molecule has 0 heterocycles. The Morgan fingerprint density at radius 1 is 1.25 bits per heavy atom. The van der Waals surface area contributed by atoms with Crippen LogP contribution >= 0.6 is 15.9 Å². The van der Waals surface area contributed by atoms with Crippen LogP contribution in [0, 0.1) is 5.41 Å². The zero-order chi connectivity index (χ0) is 15.1. The summed E-state index contributed by atoms with van der Waals surface area (Å²) in [6.07, 6.45) is 0.541. The summed E-state index contributed by atoms with van der Waals surface area (Å²) in [5.41, 5.74) is -0.553. The molecule has 1 fully saturated rings. The van der Waals surface area contributed by atoms with Gasteiger partial charge < -0.3 is 4.74 Å². The van der Waals surface area contributed by atoms with Gasteiger partial charge in [0.15, 0.2) is 0 Å². The molecule has 0 aromatic heterocycles. The Morgan fingerprint density at radius 3 is 2.25 bits per heavy atom. The van der Waals surface area contributed by atoms with E-state index in [1.165, 1.54) is 6.92 Å². The molecule has 1 aliphatic rings. The number of rotatable bonds is 3. The number of hydrogen-bond acceptors (Lipinski definition) is 3. The van der Waals surface area contributed by atoms with Crippen LogP contribution in [0.2, 0.25) is 0 Å². The molecule has 0 radical (unpaired) electrons. The number of ether oxygens (including phenoxy) is 1. The summed E-state index contributed by atoms with van der Waals surface area (Å²) >= 11 is 3.38. The van der Waals surface area contributed by atoms with Crippen LogP contribution in [0.4, 0.5) is 0 Å².